The standard InChI is InChI=1S/C14H18N6O3/c1-3-19-6-4-10(17-19)14(22)20-7-5-15-13(21)11(20)8-12-16-9(2)18-23-12/h4,6,11H,3,5,7-8H2,1-2H3,(H,15,21). The van der Waals surface area contributed by atoms with Crippen molar-refractivity contribution in [1.29, 1.82) is 0 Å². The van der Waals surface area contributed by atoms with Crippen molar-refractivity contribution in [1.82, 2.24) is 30.1 Å². The molecule has 1 unspecified atom stereocenters. The van der Waals surface area contributed by atoms with Crippen LogP contribution in [0.3, 0.4) is 0 Å². The van der Waals surface area contributed by atoms with Gasteiger partial charge in [-0.2, -0.15) is 10.1 Å². The monoisotopic (exact) mass is 318 g/mol. The van der Waals surface area contributed by atoms with Crippen LogP contribution in [0, 0.1) is 6.92 Å². The summed E-state index contributed by atoms with van der Waals surface area (Å²) in [4.78, 5) is 30.5. The van der Waals surface area contributed by atoms with Gasteiger partial charge in [-0.05, 0) is 19.9 Å². The number of aryl methyl sites for hydroxylation is 2. The molecule has 0 saturated carbocycles. The van der Waals surface area contributed by atoms with E-state index in [4.69, 9.17) is 4.52 Å². The molecule has 3 rings (SSSR count). The van der Waals surface area contributed by atoms with Crippen LogP contribution in [0.2, 0.25) is 0 Å². The quantitative estimate of drug-likeness (QED) is 0.835. The second-order valence-corrected chi connectivity index (χ2v) is 5.30. The Morgan fingerprint density at radius 3 is 3.00 bits per heavy atom. The van der Waals surface area contributed by atoms with Gasteiger partial charge in [0.15, 0.2) is 5.82 Å². The minimum Gasteiger partial charge on any atom is -0.353 e. The Labute approximate surface area is 132 Å². The smallest absolute Gasteiger partial charge is 0.275 e. The number of piperazine rings is 1. The molecule has 9 heteroatoms. The number of carbonyl (C=O) groups is 2. The Balaban J connectivity index is 1.82. The Hall–Kier alpha value is -2.71. The molecular weight excluding hydrogens is 300 g/mol. The topological polar surface area (TPSA) is 106 Å². The van der Waals surface area contributed by atoms with Crippen LogP contribution in [0.1, 0.15) is 29.1 Å². The number of carbonyl (C=O) groups excluding carboxylic acids is 2. The lowest BCUT2D eigenvalue weighted by Gasteiger charge is -2.33. The molecule has 1 aliphatic rings. The molecule has 2 amide bonds. The van der Waals surface area contributed by atoms with Crippen LogP contribution in [0.5, 0.6) is 0 Å². The third kappa shape index (κ3) is 3.08. The molecule has 3 heterocycles. The van der Waals surface area contributed by atoms with Crippen molar-refractivity contribution in [2.45, 2.75) is 32.9 Å². The Morgan fingerprint density at radius 2 is 2.35 bits per heavy atom. The van der Waals surface area contributed by atoms with Gasteiger partial charge in [0.25, 0.3) is 5.91 Å². The van der Waals surface area contributed by atoms with Crippen LogP contribution < -0.4 is 5.32 Å². The minimum absolute atomic E-state index is 0.187. The SMILES string of the molecule is CCn1ccc(C(=O)N2CCNC(=O)C2Cc2nc(C)no2)n1. The number of amides is 2. The largest absolute Gasteiger partial charge is 0.353 e. The molecule has 1 aliphatic heterocycles. The van der Waals surface area contributed by atoms with E-state index in [9.17, 15) is 9.59 Å². The van der Waals surface area contributed by atoms with Crippen molar-refractivity contribution < 1.29 is 14.1 Å². The summed E-state index contributed by atoms with van der Waals surface area (Å²) in [5, 5.41) is 10.7. The number of aromatic nitrogens is 4. The summed E-state index contributed by atoms with van der Waals surface area (Å²) in [7, 11) is 0. The molecule has 0 bridgehead atoms. The highest BCUT2D eigenvalue weighted by atomic mass is 16.5. The summed E-state index contributed by atoms with van der Waals surface area (Å²) < 4.78 is 6.75. The van der Waals surface area contributed by atoms with Gasteiger partial charge in [-0.15, -0.1) is 0 Å². The zero-order valence-corrected chi connectivity index (χ0v) is 13.0. The highest BCUT2D eigenvalue weighted by Crippen LogP contribution is 2.14. The first-order valence-electron chi connectivity index (χ1n) is 7.49. The number of nitrogens with one attached hydrogen (secondary N) is 1. The minimum atomic E-state index is -0.678. The van der Waals surface area contributed by atoms with Crippen LogP contribution >= 0.6 is 0 Å². The van der Waals surface area contributed by atoms with Crippen LogP contribution in [0.4, 0.5) is 0 Å². The first kappa shape index (κ1) is 15.2. The third-order valence-electron chi connectivity index (χ3n) is 3.71. The van der Waals surface area contributed by atoms with E-state index in [1.807, 2.05) is 6.92 Å². The molecule has 1 N–H and O–H groups in total. The molecule has 0 aromatic carbocycles. The lowest BCUT2D eigenvalue weighted by atomic mass is 10.1. The highest BCUT2D eigenvalue weighted by molar-refractivity contribution is 5.96. The van der Waals surface area contributed by atoms with Gasteiger partial charge in [0, 0.05) is 25.8 Å². The maximum Gasteiger partial charge on any atom is 0.275 e. The van der Waals surface area contributed by atoms with Gasteiger partial charge >= 0.3 is 0 Å². The molecular formula is C14H18N6O3. The van der Waals surface area contributed by atoms with Gasteiger partial charge in [0.1, 0.15) is 11.7 Å². The van der Waals surface area contributed by atoms with Gasteiger partial charge in [0.2, 0.25) is 11.8 Å². The summed E-state index contributed by atoms with van der Waals surface area (Å²) in [6.45, 7) is 5.16. The van der Waals surface area contributed by atoms with E-state index < -0.39 is 6.04 Å². The van der Waals surface area contributed by atoms with Crippen molar-refractivity contribution in [2.75, 3.05) is 13.1 Å². The van der Waals surface area contributed by atoms with E-state index in [2.05, 4.69) is 20.6 Å². The number of hydrogen-bond donors (Lipinski definition) is 1. The highest BCUT2D eigenvalue weighted by Gasteiger charge is 2.35. The predicted octanol–water partition coefficient (Wildman–Crippen LogP) is -0.222. The predicted molar refractivity (Wildman–Crippen MR) is 78.5 cm³/mol. The normalized spacial score (nSPS) is 18.1. The van der Waals surface area contributed by atoms with Gasteiger partial charge in [-0.3, -0.25) is 14.3 Å². The van der Waals surface area contributed by atoms with Crippen LogP contribution in [0.25, 0.3) is 0 Å². The molecule has 1 saturated heterocycles. The van der Waals surface area contributed by atoms with E-state index in [0.717, 1.165) is 0 Å². The molecule has 0 spiro atoms. The van der Waals surface area contributed by atoms with E-state index in [1.54, 1.807) is 23.9 Å². The first-order valence-corrected chi connectivity index (χ1v) is 7.49. The fourth-order valence-electron chi connectivity index (χ4n) is 2.55. The molecule has 1 atom stereocenters. The maximum atomic E-state index is 12.7. The fourth-order valence-corrected chi connectivity index (χ4v) is 2.55. The maximum absolute atomic E-state index is 12.7. The summed E-state index contributed by atoms with van der Waals surface area (Å²) in [5.41, 5.74) is 0.327. The van der Waals surface area contributed by atoms with Crippen molar-refractivity contribution in [2.24, 2.45) is 0 Å². The van der Waals surface area contributed by atoms with E-state index in [1.165, 1.54) is 4.90 Å². The molecule has 2 aromatic rings. The summed E-state index contributed by atoms with van der Waals surface area (Å²) >= 11 is 0. The zero-order chi connectivity index (χ0) is 16.4. The second kappa shape index (κ2) is 6.19. The first-order chi connectivity index (χ1) is 11.1. The Bertz CT molecular complexity index is 722. The van der Waals surface area contributed by atoms with E-state index >= 15 is 0 Å². The molecule has 23 heavy (non-hydrogen) atoms. The van der Waals surface area contributed by atoms with Crippen LogP contribution in [0.15, 0.2) is 16.8 Å². The third-order valence-corrected chi connectivity index (χ3v) is 3.71. The Morgan fingerprint density at radius 1 is 1.52 bits per heavy atom. The average molecular weight is 318 g/mol. The van der Waals surface area contributed by atoms with Crippen LogP contribution in [-0.4, -0.2) is 55.8 Å². The number of rotatable bonds is 4. The molecule has 122 valence electrons. The van der Waals surface area contributed by atoms with Gasteiger partial charge in [0.05, 0.1) is 6.42 Å². The molecule has 2 aromatic heterocycles. The lowest BCUT2D eigenvalue weighted by molar-refractivity contribution is -0.128. The number of nitrogens with zero attached hydrogens (tertiary/aromatic N) is 5. The van der Waals surface area contributed by atoms with Crippen LogP contribution in [-0.2, 0) is 17.8 Å². The molecule has 9 nitrogen and oxygen atoms in total. The van der Waals surface area contributed by atoms with Crippen molar-refractivity contribution in [3.8, 4) is 0 Å². The summed E-state index contributed by atoms with van der Waals surface area (Å²) in [5.74, 6) is 0.334. The van der Waals surface area contributed by atoms with E-state index in [-0.39, 0.29) is 18.2 Å². The molecule has 0 radical (unpaired) electrons. The van der Waals surface area contributed by atoms with Gasteiger partial charge in [-0.25, -0.2) is 0 Å². The van der Waals surface area contributed by atoms with Gasteiger partial charge < -0.3 is 14.7 Å². The average Bonchev–Trinajstić information content (AvgIpc) is 3.17. The molecule has 0 aliphatic carbocycles. The van der Waals surface area contributed by atoms with E-state index in [0.29, 0.717) is 37.0 Å². The van der Waals surface area contributed by atoms with Crippen molar-refractivity contribution >= 4 is 11.8 Å². The zero-order valence-electron chi connectivity index (χ0n) is 13.0. The fraction of sp³-hybridized carbons (Fsp3) is 0.500. The summed E-state index contributed by atoms with van der Waals surface area (Å²) in [6.07, 6.45) is 1.93. The molecule has 1 fully saturated rings. The van der Waals surface area contributed by atoms with Crippen molar-refractivity contribution in [3.05, 3.63) is 29.7 Å². The lowest BCUT2D eigenvalue weighted by Crippen LogP contribution is -2.58. The Kier molecular flexibility index (Phi) is 4.09. The van der Waals surface area contributed by atoms with Gasteiger partial charge in [-0.1, -0.05) is 5.16 Å². The summed E-state index contributed by atoms with van der Waals surface area (Å²) in [6, 6.07) is 0.981. The number of hydrogen-bond acceptors (Lipinski definition) is 6. The second-order valence-electron chi connectivity index (χ2n) is 5.30. The van der Waals surface area contributed by atoms with Crippen molar-refractivity contribution in [3.63, 3.8) is 0 Å².